The van der Waals surface area contributed by atoms with Crippen molar-refractivity contribution in [2.45, 2.75) is 13.0 Å². The highest BCUT2D eigenvalue weighted by molar-refractivity contribution is 6.08. The Balaban J connectivity index is 2.63. The van der Waals surface area contributed by atoms with Gasteiger partial charge in [0.25, 0.3) is 5.91 Å². The minimum Gasteiger partial charge on any atom is -0.464 e. The molecule has 1 aromatic heterocycles. The minimum atomic E-state index is -1.45. The SMILES string of the molecule is CCOC(=O)C(N)C(=O)Nc1cncc(F)c1. The molecule has 0 radical (unpaired) electrons. The number of ether oxygens (including phenoxy) is 1. The number of anilines is 1. The second kappa shape index (κ2) is 5.90. The third kappa shape index (κ3) is 3.80. The third-order valence-corrected chi connectivity index (χ3v) is 1.80. The molecule has 1 atom stereocenters. The topological polar surface area (TPSA) is 94.3 Å². The molecule has 1 unspecified atom stereocenters. The van der Waals surface area contributed by atoms with Crippen LogP contribution in [0.3, 0.4) is 0 Å². The van der Waals surface area contributed by atoms with Crippen molar-refractivity contribution < 1.29 is 18.7 Å². The molecule has 1 heterocycles. The van der Waals surface area contributed by atoms with Crippen LogP contribution >= 0.6 is 0 Å². The van der Waals surface area contributed by atoms with Gasteiger partial charge in [-0.1, -0.05) is 0 Å². The molecule has 0 aliphatic carbocycles. The van der Waals surface area contributed by atoms with Crippen LogP contribution in [0.5, 0.6) is 0 Å². The summed E-state index contributed by atoms with van der Waals surface area (Å²) in [6, 6.07) is -0.388. The molecule has 0 bridgehead atoms. The number of halogens is 1. The zero-order chi connectivity index (χ0) is 12.8. The summed E-state index contributed by atoms with van der Waals surface area (Å²) in [5, 5.41) is 2.25. The van der Waals surface area contributed by atoms with Crippen molar-refractivity contribution in [3.05, 3.63) is 24.3 Å². The molecule has 7 heteroatoms. The summed E-state index contributed by atoms with van der Waals surface area (Å²) < 4.78 is 17.3. The molecule has 0 spiro atoms. The fraction of sp³-hybridized carbons (Fsp3) is 0.300. The van der Waals surface area contributed by atoms with Gasteiger partial charge in [-0.15, -0.1) is 0 Å². The highest BCUT2D eigenvalue weighted by atomic mass is 19.1. The largest absolute Gasteiger partial charge is 0.464 e. The highest BCUT2D eigenvalue weighted by Crippen LogP contribution is 2.07. The predicted octanol–water partition coefficient (Wildman–Crippen LogP) is 0.0496. The highest BCUT2D eigenvalue weighted by Gasteiger charge is 2.23. The maximum atomic E-state index is 12.8. The van der Waals surface area contributed by atoms with E-state index >= 15 is 0 Å². The predicted molar refractivity (Wildman–Crippen MR) is 57.4 cm³/mol. The fourth-order valence-electron chi connectivity index (χ4n) is 1.04. The summed E-state index contributed by atoms with van der Waals surface area (Å²) >= 11 is 0. The summed E-state index contributed by atoms with van der Waals surface area (Å²) in [4.78, 5) is 26.1. The van der Waals surface area contributed by atoms with Crippen LogP contribution in [0.1, 0.15) is 6.92 Å². The van der Waals surface area contributed by atoms with Gasteiger partial charge in [-0.05, 0) is 6.92 Å². The average Bonchev–Trinajstić information content (AvgIpc) is 2.28. The molecular weight excluding hydrogens is 229 g/mol. The Bertz CT molecular complexity index is 425. The Morgan fingerprint density at radius 2 is 2.29 bits per heavy atom. The number of nitrogens with two attached hydrogens (primary N) is 1. The lowest BCUT2D eigenvalue weighted by molar-refractivity contribution is -0.146. The number of nitrogens with zero attached hydrogens (tertiary/aromatic N) is 1. The molecule has 6 nitrogen and oxygen atoms in total. The van der Waals surface area contributed by atoms with E-state index < -0.39 is 23.7 Å². The molecule has 0 aromatic carbocycles. The number of carbonyl (C=O) groups excluding carboxylic acids is 2. The first-order chi connectivity index (χ1) is 8.04. The first-order valence-electron chi connectivity index (χ1n) is 4.88. The van der Waals surface area contributed by atoms with Crippen LogP contribution in [0.25, 0.3) is 0 Å². The quantitative estimate of drug-likeness (QED) is 0.573. The third-order valence-electron chi connectivity index (χ3n) is 1.80. The van der Waals surface area contributed by atoms with Crippen molar-refractivity contribution >= 4 is 17.6 Å². The van der Waals surface area contributed by atoms with Crippen LogP contribution in [0, 0.1) is 5.82 Å². The van der Waals surface area contributed by atoms with Crippen LogP contribution in [0.4, 0.5) is 10.1 Å². The standard InChI is InChI=1S/C10H12FN3O3/c1-2-17-10(16)8(12)9(15)14-7-3-6(11)4-13-5-7/h3-5,8H,2,12H2,1H3,(H,14,15). The second-order valence-electron chi connectivity index (χ2n) is 3.11. The molecule has 17 heavy (non-hydrogen) atoms. The van der Waals surface area contributed by atoms with Crippen molar-refractivity contribution in [2.75, 3.05) is 11.9 Å². The smallest absolute Gasteiger partial charge is 0.332 e. The number of carbonyl (C=O) groups is 2. The Morgan fingerprint density at radius 3 is 2.88 bits per heavy atom. The van der Waals surface area contributed by atoms with E-state index in [1.54, 1.807) is 6.92 Å². The summed E-state index contributed by atoms with van der Waals surface area (Å²) in [5.74, 6) is -2.22. The van der Waals surface area contributed by atoms with E-state index in [2.05, 4.69) is 15.0 Å². The lowest BCUT2D eigenvalue weighted by Crippen LogP contribution is -2.43. The van der Waals surface area contributed by atoms with Gasteiger partial charge < -0.3 is 15.8 Å². The van der Waals surface area contributed by atoms with Gasteiger partial charge in [0.2, 0.25) is 0 Å². The number of hydrogen-bond acceptors (Lipinski definition) is 5. The maximum absolute atomic E-state index is 12.8. The van der Waals surface area contributed by atoms with Crippen molar-refractivity contribution in [1.29, 1.82) is 0 Å². The van der Waals surface area contributed by atoms with Crippen molar-refractivity contribution in [2.24, 2.45) is 5.73 Å². The Kier molecular flexibility index (Phi) is 4.53. The molecule has 3 N–H and O–H groups in total. The number of aromatic nitrogens is 1. The van der Waals surface area contributed by atoms with Crippen LogP contribution < -0.4 is 11.1 Å². The molecule has 0 aliphatic rings. The number of hydrogen-bond donors (Lipinski definition) is 2. The molecule has 92 valence electrons. The Morgan fingerprint density at radius 1 is 1.59 bits per heavy atom. The Labute approximate surface area is 97.0 Å². The molecule has 0 aliphatic heterocycles. The van der Waals surface area contributed by atoms with Gasteiger partial charge in [0.05, 0.1) is 24.7 Å². The summed E-state index contributed by atoms with van der Waals surface area (Å²) in [6.07, 6.45) is 2.22. The van der Waals surface area contributed by atoms with Gasteiger partial charge in [-0.25, -0.2) is 9.18 Å². The monoisotopic (exact) mass is 241 g/mol. The molecule has 1 aromatic rings. The number of esters is 1. The van der Waals surface area contributed by atoms with E-state index in [9.17, 15) is 14.0 Å². The zero-order valence-electron chi connectivity index (χ0n) is 9.14. The number of rotatable bonds is 4. The van der Waals surface area contributed by atoms with E-state index in [0.29, 0.717) is 0 Å². The molecule has 1 rings (SSSR count). The summed E-state index contributed by atoms with van der Waals surface area (Å²) in [6.45, 7) is 1.72. The molecule has 1 amide bonds. The van der Waals surface area contributed by atoms with E-state index in [1.807, 2.05) is 0 Å². The van der Waals surface area contributed by atoms with Gasteiger partial charge in [0.1, 0.15) is 5.82 Å². The number of pyridine rings is 1. The molecular formula is C10H12FN3O3. The van der Waals surface area contributed by atoms with E-state index in [0.717, 1.165) is 12.3 Å². The first kappa shape index (κ1) is 13.0. The van der Waals surface area contributed by atoms with Crippen LogP contribution in [0.2, 0.25) is 0 Å². The van der Waals surface area contributed by atoms with Crippen LogP contribution in [-0.4, -0.2) is 29.5 Å². The fourth-order valence-corrected chi connectivity index (χ4v) is 1.04. The number of amides is 1. The van der Waals surface area contributed by atoms with Crippen LogP contribution in [0.15, 0.2) is 18.5 Å². The molecule has 0 saturated carbocycles. The van der Waals surface area contributed by atoms with E-state index in [-0.39, 0.29) is 12.3 Å². The number of nitrogens with one attached hydrogen (secondary N) is 1. The average molecular weight is 241 g/mol. The van der Waals surface area contributed by atoms with Gasteiger partial charge in [-0.2, -0.15) is 0 Å². The maximum Gasteiger partial charge on any atom is 0.332 e. The molecule has 0 saturated heterocycles. The van der Waals surface area contributed by atoms with E-state index in [4.69, 9.17) is 5.73 Å². The minimum absolute atomic E-state index is 0.120. The van der Waals surface area contributed by atoms with E-state index in [1.165, 1.54) is 6.20 Å². The lowest BCUT2D eigenvalue weighted by atomic mass is 10.3. The summed E-state index contributed by atoms with van der Waals surface area (Å²) in [5.41, 5.74) is 5.45. The van der Waals surface area contributed by atoms with Crippen molar-refractivity contribution in [3.8, 4) is 0 Å². The van der Waals surface area contributed by atoms with Gasteiger partial charge >= 0.3 is 5.97 Å². The Hall–Kier alpha value is -2.02. The van der Waals surface area contributed by atoms with Gasteiger partial charge in [0, 0.05) is 6.07 Å². The summed E-state index contributed by atoms with van der Waals surface area (Å²) in [7, 11) is 0. The normalized spacial score (nSPS) is 11.7. The second-order valence-corrected chi connectivity index (χ2v) is 3.11. The van der Waals surface area contributed by atoms with Crippen molar-refractivity contribution in [1.82, 2.24) is 4.98 Å². The van der Waals surface area contributed by atoms with Crippen molar-refractivity contribution in [3.63, 3.8) is 0 Å². The van der Waals surface area contributed by atoms with Crippen LogP contribution in [-0.2, 0) is 14.3 Å². The molecule has 0 fully saturated rings. The van der Waals surface area contributed by atoms with Gasteiger partial charge in [0.15, 0.2) is 6.04 Å². The van der Waals surface area contributed by atoms with Gasteiger partial charge in [-0.3, -0.25) is 9.78 Å². The first-order valence-corrected chi connectivity index (χ1v) is 4.88. The lowest BCUT2D eigenvalue weighted by Gasteiger charge is -2.10. The zero-order valence-corrected chi connectivity index (χ0v) is 9.14.